The van der Waals surface area contributed by atoms with Crippen molar-refractivity contribution in [1.82, 2.24) is 10.2 Å². The monoisotopic (exact) mass is 332 g/mol. The van der Waals surface area contributed by atoms with E-state index in [-0.39, 0.29) is 11.3 Å². The molecule has 4 heteroatoms. The molecule has 1 aliphatic heterocycles. The van der Waals surface area contributed by atoms with E-state index in [9.17, 15) is 9.59 Å². The van der Waals surface area contributed by atoms with Crippen LogP contribution in [0.5, 0.6) is 0 Å². The predicted molar refractivity (Wildman–Crippen MR) is 93.3 cm³/mol. The summed E-state index contributed by atoms with van der Waals surface area (Å²) in [5.41, 5.74) is 0.660. The molecule has 2 amide bonds. The summed E-state index contributed by atoms with van der Waals surface area (Å²) in [6.07, 6.45) is 9.82. The van der Waals surface area contributed by atoms with Gasteiger partial charge in [0.05, 0.1) is 5.41 Å². The maximum Gasteiger partial charge on any atom is 0.226 e. The molecule has 4 bridgehead atoms. The summed E-state index contributed by atoms with van der Waals surface area (Å²) in [6.45, 7) is 7.23. The van der Waals surface area contributed by atoms with E-state index in [0.29, 0.717) is 29.7 Å². The molecule has 1 heterocycles. The Kier molecular flexibility index (Phi) is 3.74. The van der Waals surface area contributed by atoms with Crippen molar-refractivity contribution in [3.05, 3.63) is 0 Å². The van der Waals surface area contributed by atoms with E-state index in [2.05, 4.69) is 19.2 Å². The highest BCUT2D eigenvalue weighted by Crippen LogP contribution is 2.69. The Morgan fingerprint density at radius 1 is 1.17 bits per heavy atom. The van der Waals surface area contributed by atoms with Crippen molar-refractivity contribution >= 4 is 11.8 Å². The van der Waals surface area contributed by atoms with Crippen LogP contribution in [0.15, 0.2) is 0 Å². The third-order valence-electron chi connectivity index (χ3n) is 7.17. The number of amides is 2. The Balaban J connectivity index is 1.34. The highest BCUT2D eigenvalue weighted by molar-refractivity contribution is 5.83. The Hall–Kier alpha value is -1.06. The molecule has 0 aromatic heterocycles. The highest BCUT2D eigenvalue weighted by atomic mass is 16.2. The zero-order valence-corrected chi connectivity index (χ0v) is 15.3. The van der Waals surface area contributed by atoms with Crippen LogP contribution >= 0.6 is 0 Å². The Bertz CT molecular complexity index is 540. The quantitative estimate of drug-likeness (QED) is 0.787. The molecule has 0 radical (unpaired) electrons. The molecule has 1 saturated heterocycles. The van der Waals surface area contributed by atoms with E-state index >= 15 is 0 Å². The first kappa shape index (κ1) is 16.4. The zero-order chi connectivity index (χ0) is 17.0. The Labute approximate surface area is 145 Å². The van der Waals surface area contributed by atoms with Crippen molar-refractivity contribution in [2.24, 2.45) is 22.2 Å². The molecule has 5 fully saturated rings. The maximum atomic E-state index is 13.0. The normalized spacial score (nSPS) is 43.5. The second-order valence-electron chi connectivity index (χ2n) is 10.0. The molecule has 24 heavy (non-hydrogen) atoms. The van der Waals surface area contributed by atoms with E-state index in [0.717, 1.165) is 51.1 Å². The van der Waals surface area contributed by atoms with Crippen LogP contribution in [0.2, 0.25) is 0 Å². The van der Waals surface area contributed by atoms with Crippen molar-refractivity contribution in [2.45, 2.75) is 71.6 Å². The molecule has 134 valence electrons. The number of nitrogens with zero attached hydrogens (tertiary/aromatic N) is 1. The van der Waals surface area contributed by atoms with Gasteiger partial charge in [-0.25, -0.2) is 0 Å². The fourth-order valence-corrected chi connectivity index (χ4v) is 7.30. The van der Waals surface area contributed by atoms with Crippen LogP contribution < -0.4 is 5.32 Å². The van der Waals surface area contributed by atoms with Crippen LogP contribution in [0.4, 0.5) is 0 Å². The van der Waals surface area contributed by atoms with Gasteiger partial charge >= 0.3 is 0 Å². The van der Waals surface area contributed by atoms with E-state index < -0.39 is 0 Å². The molecular weight excluding hydrogens is 300 g/mol. The molecule has 0 unspecified atom stereocenters. The van der Waals surface area contributed by atoms with Crippen molar-refractivity contribution in [3.63, 3.8) is 0 Å². The van der Waals surface area contributed by atoms with Crippen LogP contribution in [0.3, 0.4) is 0 Å². The molecule has 0 aromatic carbocycles. The molecule has 4 aliphatic carbocycles. The number of nitrogens with one attached hydrogen (secondary N) is 1. The molecular formula is C20H32N2O2. The fourth-order valence-electron chi connectivity index (χ4n) is 7.30. The zero-order valence-electron chi connectivity index (χ0n) is 15.3. The second-order valence-corrected chi connectivity index (χ2v) is 10.0. The molecule has 4 saturated carbocycles. The smallest absolute Gasteiger partial charge is 0.226 e. The van der Waals surface area contributed by atoms with Crippen LogP contribution in [-0.2, 0) is 9.59 Å². The third-order valence-corrected chi connectivity index (χ3v) is 7.17. The minimum absolute atomic E-state index is 0.105. The Morgan fingerprint density at radius 2 is 1.88 bits per heavy atom. The standard InChI is InChI=1S/C20H32N2O2/c1-18-9-15-10-19(2,12-18)14-20(11-15,13-18)17(24)21-6-4-8-22-7-3-5-16(22)23/h15H,3-14H2,1-2H3,(H,21,24)/t15?,18-,19-,20?/m0/s1. The average molecular weight is 332 g/mol. The molecule has 5 aliphatic rings. The first-order chi connectivity index (χ1) is 11.3. The van der Waals surface area contributed by atoms with Gasteiger partial charge in [0.15, 0.2) is 0 Å². The molecule has 2 atom stereocenters. The van der Waals surface area contributed by atoms with Gasteiger partial charge in [0, 0.05) is 26.1 Å². The van der Waals surface area contributed by atoms with E-state index in [4.69, 9.17) is 0 Å². The average Bonchev–Trinajstić information content (AvgIpc) is 2.85. The molecule has 4 nitrogen and oxygen atoms in total. The number of carbonyl (C=O) groups is 2. The summed E-state index contributed by atoms with van der Waals surface area (Å²) >= 11 is 0. The lowest BCUT2D eigenvalue weighted by Crippen LogP contribution is -2.60. The molecule has 1 N–H and O–H groups in total. The van der Waals surface area contributed by atoms with Gasteiger partial charge in [0.1, 0.15) is 0 Å². The highest BCUT2D eigenvalue weighted by Gasteiger charge is 2.62. The van der Waals surface area contributed by atoms with Gasteiger partial charge in [-0.3, -0.25) is 9.59 Å². The van der Waals surface area contributed by atoms with Crippen molar-refractivity contribution in [1.29, 1.82) is 0 Å². The third kappa shape index (κ3) is 2.76. The van der Waals surface area contributed by atoms with Crippen LogP contribution in [-0.4, -0.2) is 36.3 Å². The summed E-state index contributed by atoms with van der Waals surface area (Å²) in [7, 11) is 0. The lowest BCUT2D eigenvalue weighted by Gasteiger charge is -2.64. The lowest BCUT2D eigenvalue weighted by molar-refractivity contribution is -0.170. The maximum absolute atomic E-state index is 13.0. The van der Waals surface area contributed by atoms with Gasteiger partial charge in [-0.2, -0.15) is 0 Å². The number of rotatable bonds is 5. The van der Waals surface area contributed by atoms with E-state index in [1.807, 2.05) is 4.90 Å². The first-order valence-electron chi connectivity index (χ1n) is 9.88. The van der Waals surface area contributed by atoms with E-state index in [1.165, 1.54) is 19.3 Å². The molecule has 0 spiro atoms. The van der Waals surface area contributed by atoms with E-state index in [1.54, 1.807) is 0 Å². The topological polar surface area (TPSA) is 49.4 Å². The molecule has 0 aromatic rings. The van der Waals surface area contributed by atoms with Crippen LogP contribution in [0.25, 0.3) is 0 Å². The number of likely N-dealkylation sites (tertiary alicyclic amines) is 1. The minimum Gasteiger partial charge on any atom is -0.356 e. The van der Waals surface area contributed by atoms with Gasteiger partial charge in [-0.05, 0) is 68.1 Å². The van der Waals surface area contributed by atoms with Gasteiger partial charge in [0.2, 0.25) is 11.8 Å². The summed E-state index contributed by atoms with van der Waals surface area (Å²) in [5, 5.41) is 3.24. The van der Waals surface area contributed by atoms with Crippen LogP contribution in [0.1, 0.15) is 71.6 Å². The van der Waals surface area contributed by atoms with Crippen molar-refractivity contribution < 1.29 is 9.59 Å². The summed E-state index contributed by atoms with van der Waals surface area (Å²) in [4.78, 5) is 26.6. The largest absolute Gasteiger partial charge is 0.356 e. The summed E-state index contributed by atoms with van der Waals surface area (Å²) in [5.74, 6) is 1.34. The van der Waals surface area contributed by atoms with Gasteiger partial charge < -0.3 is 10.2 Å². The number of hydrogen-bond donors (Lipinski definition) is 1. The van der Waals surface area contributed by atoms with Gasteiger partial charge in [-0.15, -0.1) is 0 Å². The number of carbonyl (C=O) groups excluding carboxylic acids is 2. The lowest BCUT2D eigenvalue weighted by atomic mass is 9.40. The van der Waals surface area contributed by atoms with Crippen molar-refractivity contribution in [2.75, 3.05) is 19.6 Å². The molecule has 5 rings (SSSR count). The minimum atomic E-state index is -0.105. The fraction of sp³-hybridized carbons (Fsp3) is 0.900. The van der Waals surface area contributed by atoms with Gasteiger partial charge in [0.25, 0.3) is 0 Å². The second kappa shape index (κ2) is 5.47. The Morgan fingerprint density at radius 3 is 2.46 bits per heavy atom. The number of hydrogen-bond acceptors (Lipinski definition) is 2. The first-order valence-corrected chi connectivity index (χ1v) is 9.88. The van der Waals surface area contributed by atoms with Crippen molar-refractivity contribution in [3.8, 4) is 0 Å². The SMILES string of the molecule is C[C@@]12CC3CC(C(=O)NCCCN4CCCC4=O)(C1)C[C@@](C)(C3)C2. The van der Waals surface area contributed by atoms with Crippen LogP contribution in [0, 0.1) is 22.2 Å². The predicted octanol–water partition coefficient (Wildman–Crippen LogP) is 3.11. The summed E-state index contributed by atoms with van der Waals surface area (Å²) in [6, 6.07) is 0. The van der Waals surface area contributed by atoms with Gasteiger partial charge in [-0.1, -0.05) is 13.8 Å². The summed E-state index contributed by atoms with van der Waals surface area (Å²) < 4.78 is 0.